The first-order valence-electron chi connectivity index (χ1n) is 8.62. The zero-order valence-electron chi connectivity index (χ0n) is 16.0. The number of nitro benzene ring substituents is 1. The van der Waals surface area contributed by atoms with E-state index >= 15 is 0 Å². The summed E-state index contributed by atoms with van der Waals surface area (Å²) in [6.45, 7) is 5.49. The van der Waals surface area contributed by atoms with Gasteiger partial charge in [-0.15, -0.1) is 0 Å². The zero-order chi connectivity index (χ0) is 20.4. The van der Waals surface area contributed by atoms with E-state index in [1.54, 1.807) is 20.8 Å². The van der Waals surface area contributed by atoms with E-state index in [9.17, 15) is 23.3 Å². The molecule has 1 amide bonds. The summed E-state index contributed by atoms with van der Waals surface area (Å²) in [4.78, 5) is 24.1. The summed E-state index contributed by atoms with van der Waals surface area (Å²) in [7, 11) is -1.99. The Morgan fingerprint density at radius 3 is 2.56 bits per heavy atom. The van der Waals surface area contributed by atoms with Crippen molar-refractivity contribution < 1.29 is 22.9 Å². The summed E-state index contributed by atoms with van der Waals surface area (Å²) in [5, 5.41) is 11.1. The normalized spacial score (nSPS) is 16.7. The van der Waals surface area contributed by atoms with Crippen LogP contribution in [0.1, 0.15) is 39.2 Å². The van der Waals surface area contributed by atoms with Crippen molar-refractivity contribution in [2.24, 2.45) is 0 Å². The lowest BCUT2D eigenvalue weighted by Crippen LogP contribution is -2.39. The summed E-state index contributed by atoms with van der Waals surface area (Å²) in [5.41, 5.74) is -0.118. The highest BCUT2D eigenvalue weighted by molar-refractivity contribution is 7.92. The molecule has 150 valence electrons. The average Bonchev–Trinajstić information content (AvgIpc) is 2.53. The third-order valence-corrected chi connectivity index (χ3v) is 5.86. The van der Waals surface area contributed by atoms with Crippen molar-refractivity contribution in [3.63, 3.8) is 0 Å². The van der Waals surface area contributed by atoms with Gasteiger partial charge in [0.25, 0.3) is 5.69 Å². The van der Waals surface area contributed by atoms with Gasteiger partial charge < -0.3 is 9.64 Å². The van der Waals surface area contributed by atoms with E-state index < -0.39 is 26.6 Å². The molecule has 0 aromatic heterocycles. The zero-order valence-corrected chi connectivity index (χ0v) is 16.8. The van der Waals surface area contributed by atoms with Crippen LogP contribution < -0.4 is 4.31 Å². The molecule has 1 aliphatic rings. The molecular weight excluding hydrogens is 374 g/mol. The van der Waals surface area contributed by atoms with Gasteiger partial charge in [-0.3, -0.25) is 14.4 Å². The third-order valence-electron chi connectivity index (χ3n) is 4.00. The molecule has 0 saturated carbocycles. The number of nitrogens with zero attached hydrogens (tertiary/aromatic N) is 3. The highest BCUT2D eigenvalue weighted by Gasteiger charge is 2.29. The summed E-state index contributed by atoms with van der Waals surface area (Å²) in [5.74, 6) is 0.0331. The first kappa shape index (κ1) is 20.9. The van der Waals surface area contributed by atoms with Crippen molar-refractivity contribution in [1.82, 2.24) is 4.90 Å². The molecule has 0 N–H and O–H groups in total. The van der Waals surface area contributed by atoms with Gasteiger partial charge in [0, 0.05) is 31.3 Å². The number of benzene rings is 1. The SMILES string of the molecule is CN(Cc1cc([N+](=O)[O-])ccc1N1CCCCS1(=O)=O)C(=O)OC(C)(C)C. The second-order valence-electron chi connectivity index (χ2n) is 7.50. The fourth-order valence-corrected chi connectivity index (χ4v) is 4.45. The quantitative estimate of drug-likeness (QED) is 0.569. The number of ether oxygens (including phenoxy) is 1. The van der Waals surface area contributed by atoms with Crippen molar-refractivity contribution >= 4 is 27.5 Å². The second-order valence-corrected chi connectivity index (χ2v) is 9.51. The fraction of sp³-hybridized carbons (Fsp3) is 0.588. The molecule has 1 saturated heterocycles. The summed E-state index contributed by atoms with van der Waals surface area (Å²) < 4.78 is 31.5. The van der Waals surface area contributed by atoms with E-state index in [0.717, 1.165) is 0 Å². The first-order valence-corrected chi connectivity index (χ1v) is 10.2. The topological polar surface area (TPSA) is 110 Å². The minimum absolute atomic E-state index is 0.0159. The molecule has 1 aromatic rings. The van der Waals surface area contributed by atoms with Gasteiger partial charge in [-0.2, -0.15) is 0 Å². The molecule has 27 heavy (non-hydrogen) atoms. The number of hydrogen-bond donors (Lipinski definition) is 0. The number of sulfonamides is 1. The van der Waals surface area contributed by atoms with Crippen molar-refractivity contribution in [2.75, 3.05) is 23.7 Å². The Morgan fingerprint density at radius 1 is 1.33 bits per heavy atom. The van der Waals surface area contributed by atoms with Crippen molar-refractivity contribution in [3.05, 3.63) is 33.9 Å². The van der Waals surface area contributed by atoms with Gasteiger partial charge in [-0.05, 0) is 39.7 Å². The van der Waals surface area contributed by atoms with Crippen LogP contribution in [0, 0.1) is 10.1 Å². The molecule has 0 unspecified atom stereocenters. The van der Waals surface area contributed by atoms with E-state index in [2.05, 4.69) is 0 Å². The molecule has 9 nitrogen and oxygen atoms in total. The van der Waals surface area contributed by atoms with Crippen molar-refractivity contribution in [2.45, 2.75) is 45.8 Å². The van der Waals surface area contributed by atoms with E-state index in [0.29, 0.717) is 30.6 Å². The molecule has 0 spiro atoms. The molecule has 2 rings (SSSR count). The van der Waals surface area contributed by atoms with Gasteiger partial charge in [0.2, 0.25) is 10.0 Å². The first-order chi connectivity index (χ1) is 12.4. The van der Waals surface area contributed by atoms with Crippen LogP contribution in [0.3, 0.4) is 0 Å². The Balaban J connectivity index is 2.39. The average molecular weight is 399 g/mol. The van der Waals surface area contributed by atoms with Gasteiger partial charge in [-0.25, -0.2) is 13.2 Å². The Labute approximate surface area is 159 Å². The van der Waals surface area contributed by atoms with Crippen LogP contribution in [0.25, 0.3) is 0 Å². The molecule has 1 aliphatic heterocycles. The van der Waals surface area contributed by atoms with Gasteiger partial charge in [0.15, 0.2) is 0 Å². The molecule has 10 heteroatoms. The van der Waals surface area contributed by atoms with E-state index in [-0.39, 0.29) is 18.0 Å². The predicted molar refractivity (Wildman–Crippen MR) is 101 cm³/mol. The van der Waals surface area contributed by atoms with Gasteiger partial charge in [-0.1, -0.05) is 0 Å². The van der Waals surface area contributed by atoms with Gasteiger partial charge in [0.1, 0.15) is 5.60 Å². The number of carbonyl (C=O) groups excluding carboxylic acids is 1. The van der Waals surface area contributed by atoms with E-state index in [1.807, 2.05) is 0 Å². The van der Waals surface area contributed by atoms with Gasteiger partial charge >= 0.3 is 6.09 Å². The molecule has 1 heterocycles. The third kappa shape index (κ3) is 5.31. The van der Waals surface area contributed by atoms with Crippen LogP contribution in [-0.2, 0) is 21.3 Å². The molecule has 0 bridgehead atoms. The van der Waals surface area contributed by atoms with Crippen LogP contribution in [0.15, 0.2) is 18.2 Å². The maximum atomic E-state index is 12.4. The Morgan fingerprint density at radius 2 is 2.00 bits per heavy atom. The van der Waals surface area contributed by atoms with Gasteiger partial charge in [0.05, 0.1) is 22.9 Å². The number of nitro groups is 1. The van der Waals surface area contributed by atoms with E-state index in [4.69, 9.17) is 4.74 Å². The summed E-state index contributed by atoms with van der Waals surface area (Å²) in [6, 6.07) is 4.01. The van der Waals surface area contributed by atoms with Crippen molar-refractivity contribution in [3.8, 4) is 0 Å². The molecular formula is C17H25N3O6S. The minimum atomic E-state index is -3.49. The number of non-ortho nitro benzene ring substituents is 1. The Kier molecular flexibility index (Phi) is 5.98. The van der Waals surface area contributed by atoms with Crippen LogP contribution in [0.4, 0.5) is 16.2 Å². The lowest BCUT2D eigenvalue weighted by Gasteiger charge is -2.31. The predicted octanol–water partition coefficient (Wildman–Crippen LogP) is 2.89. The summed E-state index contributed by atoms with van der Waals surface area (Å²) >= 11 is 0. The molecule has 1 fully saturated rings. The fourth-order valence-electron chi connectivity index (χ4n) is 2.77. The smallest absolute Gasteiger partial charge is 0.410 e. The highest BCUT2D eigenvalue weighted by atomic mass is 32.2. The number of rotatable bonds is 4. The lowest BCUT2D eigenvalue weighted by atomic mass is 10.1. The van der Waals surface area contributed by atoms with Crippen LogP contribution in [0.2, 0.25) is 0 Å². The highest BCUT2D eigenvalue weighted by Crippen LogP contribution is 2.31. The number of anilines is 1. The number of carbonyl (C=O) groups is 1. The Bertz CT molecular complexity index is 832. The monoisotopic (exact) mass is 399 g/mol. The maximum Gasteiger partial charge on any atom is 0.410 e. The number of amides is 1. The number of hydrogen-bond acceptors (Lipinski definition) is 6. The molecule has 0 aliphatic carbocycles. The lowest BCUT2D eigenvalue weighted by molar-refractivity contribution is -0.384. The van der Waals surface area contributed by atoms with Crippen LogP contribution in [0.5, 0.6) is 0 Å². The second kappa shape index (κ2) is 7.71. The molecule has 1 aromatic carbocycles. The van der Waals surface area contributed by atoms with Crippen molar-refractivity contribution in [1.29, 1.82) is 0 Å². The summed E-state index contributed by atoms with van der Waals surface area (Å²) in [6.07, 6.45) is 0.692. The maximum absolute atomic E-state index is 12.4. The Hall–Kier alpha value is -2.36. The van der Waals surface area contributed by atoms with E-state index in [1.165, 1.54) is 34.5 Å². The molecule has 0 atom stereocenters. The van der Waals surface area contributed by atoms with Crippen LogP contribution in [-0.4, -0.2) is 49.3 Å². The van der Waals surface area contributed by atoms with Crippen LogP contribution >= 0.6 is 0 Å². The minimum Gasteiger partial charge on any atom is -0.444 e. The largest absolute Gasteiger partial charge is 0.444 e. The standard InChI is InChI=1S/C17H25N3O6S/c1-17(2,3)26-16(21)18(4)12-13-11-14(20(22)23)7-8-15(13)19-9-5-6-10-27(19,24)25/h7-8,11H,5-6,9-10,12H2,1-4H3. The molecule has 0 radical (unpaired) electrons.